The van der Waals surface area contributed by atoms with Gasteiger partial charge in [0.25, 0.3) is 0 Å². The minimum atomic E-state index is -2.74. The molecule has 0 spiro atoms. The quantitative estimate of drug-likeness (QED) is 0.337. The summed E-state index contributed by atoms with van der Waals surface area (Å²) in [5.41, 5.74) is 2.15. The van der Waals surface area contributed by atoms with Gasteiger partial charge in [-0.15, -0.1) is 0 Å². The minimum Gasteiger partial charge on any atom is -0.481 e. The van der Waals surface area contributed by atoms with Gasteiger partial charge in [-0.1, -0.05) is 0 Å². The molecule has 0 saturated heterocycles. The Balaban J connectivity index is 0. The van der Waals surface area contributed by atoms with Crippen LogP contribution in [0.3, 0.4) is 0 Å². The molecule has 10 heteroatoms. The average Bonchev–Trinajstić information content (AvgIpc) is 2.27. The van der Waals surface area contributed by atoms with Crippen LogP contribution in [0, 0.1) is 0 Å². The molecule has 6 N–H and O–H groups in total. The first kappa shape index (κ1) is 20.1. The third kappa shape index (κ3) is 9.79. The molecular weight excluding hydrogens is 278 g/mol. The fourth-order valence-electron chi connectivity index (χ4n) is 0.934. The number of aliphatic hydroxyl groups is 1. The molecule has 0 aromatic carbocycles. The van der Waals surface area contributed by atoms with Crippen LogP contribution >= 0.6 is 0 Å². The van der Waals surface area contributed by atoms with Crippen LogP contribution in [0.2, 0.25) is 0 Å². The Hall–Kier alpha value is -2.20. The van der Waals surface area contributed by atoms with Crippen molar-refractivity contribution in [1.82, 2.24) is 0 Å². The maximum absolute atomic E-state index is 10.3. The van der Waals surface area contributed by atoms with Gasteiger partial charge < -0.3 is 30.9 Å². The summed E-state index contributed by atoms with van der Waals surface area (Å²) in [6, 6.07) is 0. The van der Waals surface area contributed by atoms with E-state index in [0.29, 0.717) is 6.61 Å². The molecule has 0 radical (unpaired) electrons. The normalized spacial score (nSPS) is 9.95. The van der Waals surface area contributed by atoms with E-state index in [2.05, 4.69) is 4.74 Å². The van der Waals surface area contributed by atoms with Crippen molar-refractivity contribution in [3.63, 3.8) is 0 Å². The number of carboxylic acid groups (broad SMARTS) is 3. The maximum atomic E-state index is 10.3. The molecule has 0 unspecified atom stereocenters. The van der Waals surface area contributed by atoms with Crippen molar-refractivity contribution >= 4 is 23.9 Å². The van der Waals surface area contributed by atoms with Crippen molar-refractivity contribution in [3.05, 3.63) is 0 Å². The van der Waals surface area contributed by atoms with Gasteiger partial charge in [-0.2, -0.15) is 0 Å². The van der Waals surface area contributed by atoms with Gasteiger partial charge in [-0.25, -0.2) is 4.79 Å². The molecule has 0 saturated carbocycles. The number of hydrogen-bond acceptors (Lipinski definition) is 7. The average molecular weight is 295 g/mol. The van der Waals surface area contributed by atoms with Crippen molar-refractivity contribution < 1.29 is 44.3 Å². The van der Waals surface area contributed by atoms with Crippen molar-refractivity contribution in [2.75, 3.05) is 13.2 Å². The SMILES string of the molecule is CCOC(=O)CN.O=C(O)CC(O)(CC(=O)O)C(=O)O. The van der Waals surface area contributed by atoms with E-state index in [4.69, 9.17) is 26.2 Å². The number of nitrogens with two attached hydrogens (primary N) is 1. The van der Waals surface area contributed by atoms with Crippen LogP contribution in [0.1, 0.15) is 19.8 Å². The lowest BCUT2D eigenvalue weighted by atomic mass is 9.96. The third-order valence-electron chi connectivity index (χ3n) is 1.76. The Labute approximate surface area is 113 Å². The number of carbonyl (C=O) groups is 4. The van der Waals surface area contributed by atoms with E-state index >= 15 is 0 Å². The van der Waals surface area contributed by atoms with Crippen LogP contribution < -0.4 is 5.73 Å². The maximum Gasteiger partial charge on any atom is 0.336 e. The van der Waals surface area contributed by atoms with Crippen molar-refractivity contribution in [2.24, 2.45) is 5.73 Å². The standard InChI is InChI=1S/C6H8O7.C4H9NO2/c7-3(8)1-6(13,5(11)12)2-4(9)10;1-2-7-4(6)3-5/h13H,1-2H2,(H,7,8)(H,9,10)(H,11,12);2-3,5H2,1H3. The van der Waals surface area contributed by atoms with Gasteiger partial charge in [0.15, 0.2) is 5.60 Å². The lowest BCUT2D eigenvalue weighted by molar-refractivity contribution is -0.170. The molecule has 116 valence electrons. The second kappa shape index (κ2) is 9.69. The van der Waals surface area contributed by atoms with E-state index in [-0.39, 0.29) is 12.5 Å². The van der Waals surface area contributed by atoms with Crippen LogP contribution in [0.25, 0.3) is 0 Å². The number of ether oxygens (including phenoxy) is 1. The second-order valence-corrected chi connectivity index (χ2v) is 3.49. The monoisotopic (exact) mass is 295 g/mol. The van der Waals surface area contributed by atoms with E-state index < -0.39 is 36.4 Å². The number of esters is 1. The first-order valence-electron chi connectivity index (χ1n) is 5.34. The highest BCUT2D eigenvalue weighted by molar-refractivity contribution is 5.88. The molecule has 0 amide bonds. The molecule has 10 nitrogen and oxygen atoms in total. The lowest BCUT2D eigenvalue weighted by Crippen LogP contribution is -2.42. The summed E-state index contributed by atoms with van der Waals surface area (Å²) in [5, 5.41) is 33.8. The number of rotatable bonds is 7. The summed E-state index contributed by atoms with van der Waals surface area (Å²) in [6.07, 6.45) is -2.29. The summed E-state index contributed by atoms with van der Waals surface area (Å²) >= 11 is 0. The minimum absolute atomic E-state index is 0.0200. The summed E-state index contributed by atoms with van der Waals surface area (Å²) in [5.74, 6) is -5.36. The van der Waals surface area contributed by atoms with Crippen LogP contribution in [0.15, 0.2) is 0 Å². The van der Waals surface area contributed by atoms with Crippen molar-refractivity contribution in [2.45, 2.75) is 25.4 Å². The zero-order valence-corrected chi connectivity index (χ0v) is 10.7. The summed E-state index contributed by atoms with van der Waals surface area (Å²) in [6.45, 7) is 2.14. The van der Waals surface area contributed by atoms with Gasteiger partial charge in [0.1, 0.15) is 0 Å². The fourth-order valence-corrected chi connectivity index (χ4v) is 0.934. The first-order chi connectivity index (χ1) is 9.08. The second-order valence-electron chi connectivity index (χ2n) is 3.49. The van der Waals surface area contributed by atoms with Gasteiger partial charge in [-0.05, 0) is 6.92 Å². The molecule has 0 aliphatic rings. The molecule has 0 heterocycles. The summed E-state index contributed by atoms with van der Waals surface area (Å²) in [7, 11) is 0. The number of hydrogen-bond donors (Lipinski definition) is 5. The summed E-state index contributed by atoms with van der Waals surface area (Å²) < 4.78 is 4.43. The smallest absolute Gasteiger partial charge is 0.336 e. The highest BCUT2D eigenvalue weighted by atomic mass is 16.5. The molecule has 0 bridgehead atoms. The van der Waals surface area contributed by atoms with E-state index in [0.717, 1.165) is 0 Å². The Morgan fingerprint density at radius 3 is 1.60 bits per heavy atom. The van der Waals surface area contributed by atoms with E-state index in [1.165, 1.54) is 0 Å². The van der Waals surface area contributed by atoms with Crippen LogP contribution in [-0.2, 0) is 23.9 Å². The van der Waals surface area contributed by atoms with Crippen molar-refractivity contribution in [3.8, 4) is 0 Å². The van der Waals surface area contributed by atoms with Gasteiger partial charge >= 0.3 is 23.9 Å². The van der Waals surface area contributed by atoms with Gasteiger partial charge in [0, 0.05) is 0 Å². The molecule has 0 aliphatic carbocycles. The lowest BCUT2D eigenvalue weighted by Gasteiger charge is -2.18. The first-order valence-corrected chi connectivity index (χ1v) is 5.34. The number of carboxylic acids is 3. The summed E-state index contributed by atoms with van der Waals surface area (Å²) in [4.78, 5) is 40.5. The van der Waals surface area contributed by atoms with E-state index in [9.17, 15) is 19.2 Å². The zero-order chi connectivity index (χ0) is 16.3. The molecule has 20 heavy (non-hydrogen) atoms. The number of carbonyl (C=O) groups excluding carboxylic acids is 1. The third-order valence-corrected chi connectivity index (χ3v) is 1.76. The predicted octanol–water partition coefficient (Wildman–Crippen LogP) is -1.74. The molecule has 0 rings (SSSR count). The Kier molecular flexibility index (Phi) is 9.75. The van der Waals surface area contributed by atoms with Gasteiger partial charge in [0.2, 0.25) is 0 Å². The van der Waals surface area contributed by atoms with Crippen molar-refractivity contribution in [1.29, 1.82) is 0 Å². The number of aliphatic carboxylic acids is 3. The topological polar surface area (TPSA) is 184 Å². The predicted molar refractivity (Wildman–Crippen MR) is 62.8 cm³/mol. The van der Waals surface area contributed by atoms with Crippen LogP contribution in [0.4, 0.5) is 0 Å². The molecule has 0 aromatic rings. The van der Waals surface area contributed by atoms with E-state index in [1.807, 2.05) is 0 Å². The Morgan fingerprint density at radius 2 is 1.45 bits per heavy atom. The Morgan fingerprint density at radius 1 is 1.05 bits per heavy atom. The molecule has 0 aromatic heterocycles. The molecule has 0 aliphatic heterocycles. The van der Waals surface area contributed by atoms with Crippen LogP contribution in [0.5, 0.6) is 0 Å². The molecular formula is C10H17NO9. The highest BCUT2D eigenvalue weighted by Crippen LogP contribution is 2.15. The van der Waals surface area contributed by atoms with Gasteiger partial charge in [0.05, 0.1) is 26.0 Å². The van der Waals surface area contributed by atoms with E-state index in [1.54, 1.807) is 6.92 Å². The fraction of sp³-hybridized carbons (Fsp3) is 0.600. The highest BCUT2D eigenvalue weighted by Gasteiger charge is 2.40. The largest absolute Gasteiger partial charge is 0.481 e. The Bertz CT molecular complexity index is 350. The molecule has 0 atom stereocenters. The molecule has 0 fully saturated rings. The van der Waals surface area contributed by atoms with Crippen LogP contribution in [-0.4, -0.2) is 63.1 Å². The zero-order valence-electron chi connectivity index (χ0n) is 10.7. The van der Waals surface area contributed by atoms with Gasteiger partial charge in [-0.3, -0.25) is 14.4 Å².